The summed E-state index contributed by atoms with van der Waals surface area (Å²) < 4.78 is 0. The monoisotopic (exact) mass is 291 g/mol. The van der Waals surface area contributed by atoms with Gasteiger partial charge in [-0.3, -0.25) is 4.98 Å². The van der Waals surface area contributed by atoms with Crippen LogP contribution in [0.25, 0.3) is 0 Å². The van der Waals surface area contributed by atoms with Gasteiger partial charge in [0, 0.05) is 37.9 Å². The lowest BCUT2D eigenvalue weighted by molar-refractivity contribution is 0.0681. The average molecular weight is 291 g/mol. The number of hydrogen-bond donors (Lipinski definition) is 1. The summed E-state index contributed by atoms with van der Waals surface area (Å²) in [5, 5.41) is 3.39. The predicted octanol–water partition coefficient (Wildman–Crippen LogP) is 1.90. The summed E-state index contributed by atoms with van der Waals surface area (Å²) in [5.41, 5.74) is 1.31. The summed E-state index contributed by atoms with van der Waals surface area (Å²) in [7, 11) is 6.48. The lowest BCUT2D eigenvalue weighted by atomic mass is 9.75. The molecule has 0 atom stereocenters. The van der Waals surface area contributed by atoms with E-state index in [2.05, 4.69) is 55.1 Å². The molecule has 2 rings (SSSR count). The highest BCUT2D eigenvalue weighted by atomic mass is 15.3. The topological polar surface area (TPSA) is 44.3 Å². The Morgan fingerprint density at radius 1 is 1.24 bits per heavy atom. The summed E-state index contributed by atoms with van der Waals surface area (Å²) in [6.07, 6.45) is 7.58. The van der Waals surface area contributed by atoms with Crippen LogP contribution in [0.3, 0.4) is 0 Å². The number of nitrogens with one attached hydrogen (secondary N) is 1. The fourth-order valence-electron chi connectivity index (χ4n) is 2.83. The van der Waals surface area contributed by atoms with E-state index in [4.69, 9.17) is 4.98 Å². The van der Waals surface area contributed by atoms with E-state index in [9.17, 15) is 0 Å². The molecule has 0 bridgehead atoms. The Morgan fingerprint density at radius 3 is 2.48 bits per heavy atom. The predicted molar refractivity (Wildman–Crippen MR) is 87.5 cm³/mol. The molecule has 1 aliphatic rings. The van der Waals surface area contributed by atoms with Crippen molar-refractivity contribution in [3.8, 4) is 0 Å². The zero-order valence-corrected chi connectivity index (χ0v) is 14.1. The van der Waals surface area contributed by atoms with Gasteiger partial charge in [-0.2, -0.15) is 0 Å². The largest absolute Gasteiger partial charge is 0.357 e. The maximum absolute atomic E-state index is 4.73. The number of likely N-dealkylation sites (N-methyl/N-ethyl adjacent to an activating group) is 2. The van der Waals surface area contributed by atoms with Gasteiger partial charge in [-0.1, -0.05) is 13.8 Å². The fraction of sp³-hybridized carbons (Fsp3) is 0.750. The molecule has 1 heterocycles. The Hall–Kier alpha value is -1.20. The minimum absolute atomic E-state index is 0.308. The lowest BCUT2D eigenvalue weighted by Gasteiger charge is -2.49. The minimum Gasteiger partial charge on any atom is -0.357 e. The molecule has 5 heteroatoms. The number of anilines is 1. The summed E-state index contributed by atoms with van der Waals surface area (Å²) in [6.45, 7) is 6.06. The second-order valence-corrected chi connectivity index (χ2v) is 6.73. The Morgan fingerprint density at radius 2 is 1.95 bits per heavy atom. The number of rotatable bonds is 7. The van der Waals surface area contributed by atoms with E-state index in [0.29, 0.717) is 11.6 Å². The minimum atomic E-state index is 0.308. The highest BCUT2D eigenvalue weighted by Crippen LogP contribution is 2.37. The molecule has 1 aliphatic carbocycles. The molecule has 1 aromatic heterocycles. The van der Waals surface area contributed by atoms with E-state index in [0.717, 1.165) is 24.6 Å². The molecule has 0 aliphatic heterocycles. The molecule has 0 spiro atoms. The third-order valence-electron chi connectivity index (χ3n) is 4.52. The summed E-state index contributed by atoms with van der Waals surface area (Å²) in [6, 6.07) is 0.458. The van der Waals surface area contributed by atoms with Crippen molar-refractivity contribution in [2.24, 2.45) is 0 Å². The van der Waals surface area contributed by atoms with Gasteiger partial charge in [0.25, 0.3) is 0 Å². The number of aromatic nitrogens is 2. The molecule has 5 nitrogen and oxygen atoms in total. The smallest absolute Gasteiger partial charge is 0.147 e. The number of nitrogens with zero attached hydrogens (tertiary/aromatic N) is 4. The zero-order valence-electron chi connectivity index (χ0n) is 14.1. The second kappa shape index (κ2) is 6.71. The standard InChI is InChI=1S/C16H29N5/c1-13(2)18-10-14-9-17-11-15(19-14)21(5)12-16(20(3)4)7-6-8-16/h9,11,13,18H,6-8,10,12H2,1-5H3. The zero-order chi connectivity index (χ0) is 15.5. The fourth-order valence-corrected chi connectivity index (χ4v) is 2.83. The molecule has 21 heavy (non-hydrogen) atoms. The van der Waals surface area contributed by atoms with Crippen molar-refractivity contribution in [1.29, 1.82) is 0 Å². The van der Waals surface area contributed by atoms with E-state index in [1.165, 1.54) is 19.3 Å². The van der Waals surface area contributed by atoms with Crippen LogP contribution in [-0.4, -0.2) is 54.1 Å². The van der Waals surface area contributed by atoms with Crippen LogP contribution >= 0.6 is 0 Å². The highest BCUT2D eigenvalue weighted by molar-refractivity contribution is 5.36. The van der Waals surface area contributed by atoms with Crippen LogP contribution in [0.15, 0.2) is 12.4 Å². The Labute approximate surface area is 128 Å². The molecule has 0 aromatic carbocycles. The van der Waals surface area contributed by atoms with E-state index in [-0.39, 0.29) is 0 Å². The Balaban J connectivity index is 2.02. The van der Waals surface area contributed by atoms with Crippen molar-refractivity contribution < 1.29 is 0 Å². The third-order valence-corrected chi connectivity index (χ3v) is 4.52. The van der Waals surface area contributed by atoms with Crippen LogP contribution in [0.1, 0.15) is 38.8 Å². The van der Waals surface area contributed by atoms with Gasteiger partial charge in [-0.25, -0.2) is 4.98 Å². The second-order valence-electron chi connectivity index (χ2n) is 6.73. The molecular formula is C16H29N5. The van der Waals surface area contributed by atoms with Gasteiger partial charge in [0.15, 0.2) is 0 Å². The van der Waals surface area contributed by atoms with Gasteiger partial charge in [-0.05, 0) is 33.4 Å². The van der Waals surface area contributed by atoms with Gasteiger partial charge < -0.3 is 15.1 Å². The van der Waals surface area contributed by atoms with E-state index >= 15 is 0 Å². The van der Waals surface area contributed by atoms with Gasteiger partial charge >= 0.3 is 0 Å². The van der Waals surface area contributed by atoms with Gasteiger partial charge in [0.05, 0.1) is 11.9 Å². The van der Waals surface area contributed by atoms with Crippen LogP contribution in [0.5, 0.6) is 0 Å². The van der Waals surface area contributed by atoms with Crippen LogP contribution in [-0.2, 0) is 6.54 Å². The summed E-state index contributed by atoms with van der Waals surface area (Å²) in [5.74, 6) is 0.964. The van der Waals surface area contributed by atoms with E-state index < -0.39 is 0 Å². The van der Waals surface area contributed by atoms with Gasteiger partial charge in [0.1, 0.15) is 5.82 Å². The highest BCUT2D eigenvalue weighted by Gasteiger charge is 2.40. The molecule has 1 N–H and O–H groups in total. The van der Waals surface area contributed by atoms with Crippen LogP contribution < -0.4 is 10.2 Å². The average Bonchev–Trinajstić information content (AvgIpc) is 2.40. The first-order valence-corrected chi connectivity index (χ1v) is 7.86. The maximum atomic E-state index is 4.73. The third kappa shape index (κ3) is 3.92. The van der Waals surface area contributed by atoms with Crippen molar-refractivity contribution in [2.45, 2.75) is 51.2 Å². The van der Waals surface area contributed by atoms with Crippen LogP contribution in [0.4, 0.5) is 5.82 Å². The lowest BCUT2D eigenvalue weighted by Crippen LogP contribution is -2.56. The SMILES string of the molecule is CC(C)NCc1cncc(N(C)CC2(N(C)C)CCC2)n1. The Bertz CT molecular complexity index is 454. The van der Waals surface area contributed by atoms with Crippen molar-refractivity contribution in [3.05, 3.63) is 18.1 Å². The molecule has 0 unspecified atom stereocenters. The molecule has 0 radical (unpaired) electrons. The maximum Gasteiger partial charge on any atom is 0.147 e. The van der Waals surface area contributed by atoms with Crippen molar-refractivity contribution >= 4 is 5.82 Å². The molecule has 0 amide bonds. The number of hydrogen-bond acceptors (Lipinski definition) is 5. The van der Waals surface area contributed by atoms with Crippen molar-refractivity contribution in [2.75, 3.05) is 32.6 Å². The summed E-state index contributed by atoms with van der Waals surface area (Å²) >= 11 is 0. The van der Waals surface area contributed by atoms with Crippen LogP contribution in [0, 0.1) is 0 Å². The quantitative estimate of drug-likeness (QED) is 0.831. The molecule has 1 aromatic rings. The van der Waals surface area contributed by atoms with Gasteiger partial charge in [0.2, 0.25) is 0 Å². The first-order valence-electron chi connectivity index (χ1n) is 7.86. The molecule has 0 saturated heterocycles. The Kier molecular flexibility index (Phi) is 5.17. The van der Waals surface area contributed by atoms with Crippen LogP contribution in [0.2, 0.25) is 0 Å². The van der Waals surface area contributed by atoms with E-state index in [1.54, 1.807) is 0 Å². The van der Waals surface area contributed by atoms with Crippen molar-refractivity contribution in [3.63, 3.8) is 0 Å². The normalized spacial score (nSPS) is 17.1. The summed E-state index contributed by atoms with van der Waals surface area (Å²) in [4.78, 5) is 13.7. The molecular weight excluding hydrogens is 262 g/mol. The first-order chi connectivity index (χ1) is 9.93. The van der Waals surface area contributed by atoms with E-state index in [1.807, 2.05) is 12.4 Å². The van der Waals surface area contributed by atoms with Crippen molar-refractivity contribution in [1.82, 2.24) is 20.2 Å². The molecule has 1 fully saturated rings. The molecule has 118 valence electrons. The molecule has 1 saturated carbocycles. The van der Waals surface area contributed by atoms with Gasteiger partial charge in [-0.15, -0.1) is 0 Å². The first kappa shape index (κ1) is 16.2.